The summed E-state index contributed by atoms with van der Waals surface area (Å²) >= 11 is 0. The largest absolute Gasteiger partial charge is 0.339 e. The number of aromatic nitrogens is 2. The Bertz CT molecular complexity index is 725. The van der Waals surface area contributed by atoms with Crippen LogP contribution in [0.3, 0.4) is 0 Å². The highest BCUT2D eigenvalue weighted by Gasteiger charge is 2.48. The van der Waals surface area contributed by atoms with Gasteiger partial charge in [-0.05, 0) is 31.6 Å². The van der Waals surface area contributed by atoms with Crippen molar-refractivity contribution >= 4 is 15.9 Å². The van der Waals surface area contributed by atoms with E-state index < -0.39 is 10.0 Å². The number of fused-ring (bicyclic) bond motifs is 1. The van der Waals surface area contributed by atoms with Gasteiger partial charge in [-0.25, -0.2) is 13.4 Å². The molecule has 1 aliphatic carbocycles. The molecule has 0 radical (unpaired) electrons. The second kappa shape index (κ2) is 5.31. The molecule has 0 unspecified atom stereocenters. The van der Waals surface area contributed by atoms with Crippen molar-refractivity contribution in [1.82, 2.24) is 18.8 Å². The standard InChI is InChI=1S/C15H22N4O3S/c1-17-9-14(16-10-17)23(21,22)19-7-6-12-13(19)4-5-15(20)18(12)8-11-2-3-11/h9-13H,2-8H2,1H3/t12-,13-/m0/s1. The SMILES string of the molecule is Cn1cnc(S(=O)(=O)N2CC[C@H]3[C@@H]2CCC(=O)N3CC2CC2)c1. The minimum Gasteiger partial charge on any atom is -0.339 e. The highest BCUT2D eigenvalue weighted by Crippen LogP contribution is 2.38. The Hall–Kier alpha value is -1.41. The van der Waals surface area contributed by atoms with Crippen molar-refractivity contribution in [3.8, 4) is 0 Å². The third-order valence-electron chi connectivity index (χ3n) is 5.24. The monoisotopic (exact) mass is 338 g/mol. The van der Waals surface area contributed by atoms with Crippen LogP contribution < -0.4 is 0 Å². The van der Waals surface area contributed by atoms with Crippen LogP contribution in [0.1, 0.15) is 32.1 Å². The summed E-state index contributed by atoms with van der Waals surface area (Å²) in [7, 11) is -1.82. The lowest BCUT2D eigenvalue weighted by Crippen LogP contribution is -2.53. The first kappa shape index (κ1) is 15.1. The van der Waals surface area contributed by atoms with Gasteiger partial charge >= 0.3 is 0 Å². The van der Waals surface area contributed by atoms with Gasteiger partial charge in [0.1, 0.15) is 0 Å². The van der Waals surface area contributed by atoms with E-state index in [1.54, 1.807) is 22.1 Å². The van der Waals surface area contributed by atoms with Crippen LogP contribution in [-0.4, -0.2) is 58.3 Å². The van der Waals surface area contributed by atoms with Crippen LogP contribution in [0.2, 0.25) is 0 Å². The van der Waals surface area contributed by atoms with Crippen molar-refractivity contribution in [2.45, 2.75) is 49.2 Å². The first-order valence-corrected chi connectivity index (χ1v) is 9.70. The summed E-state index contributed by atoms with van der Waals surface area (Å²) in [5.74, 6) is 0.814. The van der Waals surface area contributed by atoms with E-state index in [0.29, 0.717) is 25.3 Å². The van der Waals surface area contributed by atoms with E-state index in [9.17, 15) is 13.2 Å². The van der Waals surface area contributed by atoms with Crippen LogP contribution in [0.15, 0.2) is 17.6 Å². The van der Waals surface area contributed by atoms with Crippen LogP contribution >= 0.6 is 0 Å². The normalized spacial score (nSPS) is 29.1. The van der Waals surface area contributed by atoms with Crippen molar-refractivity contribution in [3.63, 3.8) is 0 Å². The molecular formula is C15H22N4O3S. The fourth-order valence-corrected chi connectivity index (χ4v) is 5.53. The molecule has 3 fully saturated rings. The average Bonchev–Trinajstić information content (AvgIpc) is 3.03. The minimum atomic E-state index is -3.58. The molecule has 1 saturated carbocycles. The zero-order valence-corrected chi connectivity index (χ0v) is 14.1. The smallest absolute Gasteiger partial charge is 0.262 e. The number of hydrogen-bond donors (Lipinski definition) is 0. The van der Waals surface area contributed by atoms with Gasteiger partial charge in [0, 0.05) is 44.8 Å². The number of nitrogens with zero attached hydrogens (tertiary/aromatic N) is 4. The zero-order chi connectivity index (χ0) is 16.2. The summed E-state index contributed by atoms with van der Waals surface area (Å²) in [5.41, 5.74) is 0. The van der Waals surface area contributed by atoms with Gasteiger partial charge in [0.25, 0.3) is 10.0 Å². The zero-order valence-electron chi connectivity index (χ0n) is 13.3. The number of aryl methyl sites for hydroxylation is 1. The topological polar surface area (TPSA) is 75.5 Å². The molecule has 1 aromatic rings. The van der Waals surface area contributed by atoms with E-state index in [4.69, 9.17) is 0 Å². The molecule has 0 N–H and O–H groups in total. The van der Waals surface area contributed by atoms with Crippen LogP contribution in [-0.2, 0) is 21.9 Å². The van der Waals surface area contributed by atoms with Crippen LogP contribution in [0, 0.1) is 5.92 Å². The molecule has 23 heavy (non-hydrogen) atoms. The van der Waals surface area contributed by atoms with Crippen molar-refractivity contribution < 1.29 is 13.2 Å². The van der Waals surface area contributed by atoms with E-state index in [2.05, 4.69) is 4.98 Å². The average molecular weight is 338 g/mol. The van der Waals surface area contributed by atoms with Gasteiger partial charge in [0.05, 0.1) is 6.33 Å². The lowest BCUT2D eigenvalue weighted by molar-refractivity contribution is -0.137. The number of amides is 1. The molecule has 8 heteroatoms. The fraction of sp³-hybridized carbons (Fsp3) is 0.733. The molecule has 0 aromatic carbocycles. The lowest BCUT2D eigenvalue weighted by atomic mass is 9.96. The maximum Gasteiger partial charge on any atom is 0.262 e. The summed E-state index contributed by atoms with van der Waals surface area (Å²) in [6.45, 7) is 1.28. The van der Waals surface area contributed by atoms with E-state index >= 15 is 0 Å². The van der Waals surface area contributed by atoms with Crippen molar-refractivity contribution in [3.05, 3.63) is 12.5 Å². The van der Waals surface area contributed by atoms with Crippen LogP contribution in [0.25, 0.3) is 0 Å². The molecule has 7 nitrogen and oxygen atoms in total. The Morgan fingerprint density at radius 3 is 2.65 bits per heavy atom. The third-order valence-corrected chi connectivity index (χ3v) is 7.05. The van der Waals surface area contributed by atoms with Gasteiger partial charge in [0.15, 0.2) is 5.03 Å². The summed E-state index contributed by atoms with van der Waals surface area (Å²) in [6, 6.07) is -0.0613. The first-order chi connectivity index (χ1) is 11.0. The molecule has 4 rings (SSSR count). The van der Waals surface area contributed by atoms with E-state index in [1.165, 1.54) is 19.2 Å². The molecule has 1 aromatic heterocycles. The Morgan fingerprint density at radius 1 is 1.22 bits per heavy atom. The molecule has 3 aliphatic rings. The second-order valence-electron chi connectivity index (χ2n) is 6.94. The number of carbonyl (C=O) groups is 1. The number of carbonyl (C=O) groups excluding carboxylic acids is 1. The van der Waals surface area contributed by atoms with Gasteiger partial charge < -0.3 is 9.47 Å². The predicted molar refractivity (Wildman–Crippen MR) is 83.0 cm³/mol. The van der Waals surface area contributed by atoms with E-state index in [-0.39, 0.29) is 23.0 Å². The quantitative estimate of drug-likeness (QED) is 0.805. The Morgan fingerprint density at radius 2 is 2.00 bits per heavy atom. The van der Waals surface area contributed by atoms with E-state index in [1.807, 2.05) is 4.90 Å². The van der Waals surface area contributed by atoms with Crippen molar-refractivity contribution in [2.75, 3.05) is 13.1 Å². The number of sulfonamides is 1. The number of piperidine rings is 1. The van der Waals surface area contributed by atoms with Crippen molar-refractivity contribution in [2.24, 2.45) is 13.0 Å². The third kappa shape index (κ3) is 2.57. The molecule has 126 valence electrons. The Kier molecular flexibility index (Phi) is 3.49. The van der Waals surface area contributed by atoms with E-state index in [0.717, 1.165) is 13.0 Å². The number of imidazole rings is 1. The van der Waals surface area contributed by atoms with Crippen LogP contribution in [0.5, 0.6) is 0 Å². The van der Waals surface area contributed by atoms with Gasteiger partial charge in [0.2, 0.25) is 5.91 Å². The first-order valence-electron chi connectivity index (χ1n) is 8.26. The molecule has 0 bridgehead atoms. The number of likely N-dealkylation sites (tertiary alicyclic amines) is 1. The fourth-order valence-electron chi connectivity index (χ4n) is 3.87. The second-order valence-corrected chi connectivity index (χ2v) is 8.78. The maximum absolute atomic E-state index is 12.9. The Balaban J connectivity index is 1.59. The molecule has 2 aliphatic heterocycles. The summed E-state index contributed by atoms with van der Waals surface area (Å²) in [5, 5.41) is 0.103. The van der Waals surface area contributed by atoms with Crippen LogP contribution in [0.4, 0.5) is 0 Å². The molecule has 3 heterocycles. The maximum atomic E-state index is 12.9. The van der Waals surface area contributed by atoms with Gasteiger partial charge in [-0.15, -0.1) is 0 Å². The number of hydrogen-bond acceptors (Lipinski definition) is 4. The highest BCUT2D eigenvalue weighted by atomic mass is 32.2. The van der Waals surface area contributed by atoms with Crippen molar-refractivity contribution in [1.29, 1.82) is 0 Å². The van der Waals surface area contributed by atoms with Gasteiger partial charge in [-0.2, -0.15) is 4.31 Å². The molecule has 0 spiro atoms. The number of rotatable bonds is 4. The highest BCUT2D eigenvalue weighted by molar-refractivity contribution is 7.89. The van der Waals surface area contributed by atoms with Gasteiger partial charge in [-0.3, -0.25) is 4.79 Å². The predicted octanol–water partition coefficient (Wildman–Crippen LogP) is 0.584. The molecule has 2 saturated heterocycles. The lowest BCUT2D eigenvalue weighted by Gasteiger charge is -2.39. The van der Waals surface area contributed by atoms with Gasteiger partial charge in [-0.1, -0.05) is 0 Å². The summed E-state index contributed by atoms with van der Waals surface area (Å²) in [4.78, 5) is 18.2. The molecule has 1 amide bonds. The Labute approximate surface area is 136 Å². The summed E-state index contributed by atoms with van der Waals surface area (Å²) in [6.07, 6.45) is 7.23. The minimum absolute atomic E-state index is 0.0373. The summed E-state index contributed by atoms with van der Waals surface area (Å²) < 4.78 is 29.0. The molecular weight excluding hydrogens is 316 g/mol. The molecule has 2 atom stereocenters.